The predicted octanol–water partition coefficient (Wildman–Crippen LogP) is 3.40. The lowest BCUT2D eigenvalue weighted by Crippen LogP contribution is -2.38. The van der Waals surface area contributed by atoms with Crippen molar-refractivity contribution in [3.8, 4) is 16.9 Å². The molecule has 1 aromatic carbocycles. The second-order valence-electron chi connectivity index (χ2n) is 8.25. The fraction of sp³-hybridized carbons (Fsp3) is 0.308. The van der Waals surface area contributed by atoms with Gasteiger partial charge in [-0.05, 0) is 42.2 Å². The number of aromatic hydroxyl groups is 1. The van der Waals surface area contributed by atoms with Gasteiger partial charge in [0.05, 0.1) is 5.92 Å². The van der Waals surface area contributed by atoms with Crippen molar-refractivity contribution in [3.63, 3.8) is 0 Å². The molecule has 3 heterocycles. The monoisotopic (exact) mass is 444 g/mol. The molecule has 2 aromatic heterocycles. The van der Waals surface area contributed by atoms with E-state index >= 15 is 0 Å². The molecular formula is C26H28N4O3. The van der Waals surface area contributed by atoms with Crippen molar-refractivity contribution in [1.29, 1.82) is 0 Å². The fourth-order valence-electron chi connectivity index (χ4n) is 4.35. The van der Waals surface area contributed by atoms with E-state index in [0.29, 0.717) is 26.1 Å². The lowest BCUT2D eigenvalue weighted by Gasteiger charge is -2.24. The van der Waals surface area contributed by atoms with Crippen LogP contribution in [0.1, 0.15) is 29.4 Å². The largest absolute Gasteiger partial charge is 0.505 e. The van der Waals surface area contributed by atoms with Gasteiger partial charge >= 0.3 is 0 Å². The van der Waals surface area contributed by atoms with Gasteiger partial charge in [-0.3, -0.25) is 14.6 Å². The first-order chi connectivity index (χ1) is 16.1. The number of carbonyl (C=O) groups excluding carboxylic acids is 2. The Morgan fingerprint density at radius 1 is 1.09 bits per heavy atom. The van der Waals surface area contributed by atoms with E-state index in [0.717, 1.165) is 23.1 Å². The lowest BCUT2D eigenvalue weighted by atomic mass is 9.91. The molecule has 7 nitrogen and oxygen atoms in total. The number of pyridine rings is 2. The van der Waals surface area contributed by atoms with Crippen LogP contribution in [0.4, 0.5) is 0 Å². The molecule has 1 saturated heterocycles. The zero-order valence-electron chi connectivity index (χ0n) is 18.7. The summed E-state index contributed by atoms with van der Waals surface area (Å²) in [6, 6.07) is 14.9. The van der Waals surface area contributed by atoms with E-state index in [1.54, 1.807) is 17.2 Å². The number of carbonyl (C=O) groups is 2. The summed E-state index contributed by atoms with van der Waals surface area (Å²) in [7, 11) is 0. The van der Waals surface area contributed by atoms with Crippen molar-refractivity contribution in [2.75, 3.05) is 26.2 Å². The molecule has 170 valence electrons. The molecule has 1 aliphatic rings. The maximum Gasteiger partial charge on any atom is 0.276 e. The number of amides is 2. The Morgan fingerprint density at radius 2 is 1.91 bits per heavy atom. The van der Waals surface area contributed by atoms with Crippen LogP contribution in [0, 0.1) is 5.92 Å². The van der Waals surface area contributed by atoms with E-state index in [1.165, 1.54) is 12.3 Å². The highest BCUT2D eigenvalue weighted by Crippen LogP contribution is 2.27. The molecule has 4 rings (SSSR count). The minimum Gasteiger partial charge on any atom is -0.505 e. The summed E-state index contributed by atoms with van der Waals surface area (Å²) in [5.74, 6) is -0.850. The molecule has 1 aliphatic heterocycles. The molecule has 2 amide bonds. The second kappa shape index (κ2) is 10.3. The molecule has 0 spiro atoms. The van der Waals surface area contributed by atoms with Crippen LogP contribution < -0.4 is 0 Å². The van der Waals surface area contributed by atoms with Gasteiger partial charge in [-0.1, -0.05) is 37.3 Å². The quantitative estimate of drug-likeness (QED) is 0.630. The van der Waals surface area contributed by atoms with Gasteiger partial charge in [0.1, 0.15) is 5.75 Å². The standard InChI is InChI=1S/C26H28N4O3/c1-2-13-29-14-15-30(26(33)24-23(31)10-6-12-28-24)18-21(25(29)32)16-19-7-3-4-9-22(19)20-8-5-11-27-17-20/h3-12,17,21,31H,2,13-16,18H2,1H3/t21-/m0/s1. The Labute approximate surface area is 193 Å². The average molecular weight is 445 g/mol. The summed E-state index contributed by atoms with van der Waals surface area (Å²) in [4.78, 5) is 38.5. The van der Waals surface area contributed by atoms with Crippen molar-refractivity contribution in [2.45, 2.75) is 19.8 Å². The zero-order valence-corrected chi connectivity index (χ0v) is 18.7. The minimum absolute atomic E-state index is 0.0170. The van der Waals surface area contributed by atoms with Crippen LogP contribution >= 0.6 is 0 Å². The molecule has 0 radical (unpaired) electrons. The van der Waals surface area contributed by atoms with Gasteiger partial charge in [0.25, 0.3) is 5.91 Å². The van der Waals surface area contributed by atoms with Gasteiger partial charge in [0, 0.05) is 50.3 Å². The van der Waals surface area contributed by atoms with Crippen molar-refractivity contribution < 1.29 is 14.7 Å². The van der Waals surface area contributed by atoms with Crippen LogP contribution in [0.5, 0.6) is 5.75 Å². The van der Waals surface area contributed by atoms with Crippen molar-refractivity contribution in [3.05, 3.63) is 78.4 Å². The van der Waals surface area contributed by atoms with Gasteiger partial charge in [0.2, 0.25) is 5.91 Å². The van der Waals surface area contributed by atoms with E-state index in [4.69, 9.17) is 0 Å². The Morgan fingerprint density at radius 3 is 2.67 bits per heavy atom. The van der Waals surface area contributed by atoms with Crippen LogP contribution in [-0.2, 0) is 11.2 Å². The van der Waals surface area contributed by atoms with Crippen molar-refractivity contribution in [2.24, 2.45) is 5.92 Å². The van der Waals surface area contributed by atoms with E-state index in [1.807, 2.05) is 54.4 Å². The van der Waals surface area contributed by atoms with Crippen molar-refractivity contribution >= 4 is 11.8 Å². The first-order valence-electron chi connectivity index (χ1n) is 11.3. The number of aromatic nitrogens is 2. The van der Waals surface area contributed by atoms with Gasteiger partial charge in [-0.2, -0.15) is 0 Å². The van der Waals surface area contributed by atoms with Crippen LogP contribution in [0.25, 0.3) is 11.1 Å². The van der Waals surface area contributed by atoms with Crippen LogP contribution in [-0.4, -0.2) is 62.9 Å². The fourth-order valence-corrected chi connectivity index (χ4v) is 4.35. The van der Waals surface area contributed by atoms with Crippen LogP contribution in [0.15, 0.2) is 67.1 Å². The first-order valence-corrected chi connectivity index (χ1v) is 11.3. The van der Waals surface area contributed by atoms with Crippen LogP contribution in [0.3, 0.4) is 0 Å². The number of rotatable bonds is 6. The molecule has 1 N–H and O–H groups in total. The molecule has 33 heavy (non-hydrogen) atoms. The first kappa shape index (κ1) is 22.5. The van der Waals surface area contributed by atoms with E-state index in [-0.39, 0.29) is 29.8 Å². The van der Waals surface area contributed by atoms with Gasteiger partial charge in [-0.25, -0.2) is 4.98 Å². The van der Waals surface area contributed by atoms with Crippen LogP contribution in [0.2, 0.25) is 0 Å². The molecule has 1 atom stereocenters. The van der Waals surface area contributed by atoms with Crippen molar-refractivity contribution in [1.82, 2.24) is 19.8 Å². The molecule has 3 aromatic rings. The lowest BCUT2D eigenvalue weighted by molar-refractivity contribution is -0.134. The van der Waals surface area contributed by atoms with Gasteiger partial charge in [-0.15, -0.1) is 0 Å². The molecule has 1 fully saturated rings. The SMILES string of the molecule is CCCN1CCN(C(=O)c2ncccc2O)C[C@H](Cc2ccccc2-c2cccnc2)C1=O. The predicted molar refractivity (Wildman–Crippen MR) is 126 cm³/mol. The minimum atomic E-state index is -0.397. The molecule has 0 bridgehead atoms. The summed E-state index contributed by atoms with van der Waals surface area (Å²) in [5.41, 5.74) is 3.08. The third-order valence-corrected chi connectivity index (χ3v) is 5.97. The molecular weight excluding hydrogens is 416 g/mol. The summed E-state index contributed by atoms with van der Waals surface area (Å²) in [6.45, 7) is 3.83. The summed E-state index contributed by atoms with van der Waals surface area (Å²) in [5, 5.41) is 10.1. The number of nitrogens with zero attached hydrogens (tertiary/aromatic N) is 4. The topological polar surface area (TPSA) is 86.6 Å². The van der Waals surface area contributed by atoms with Gasteiger partial charge in [0.15, 0.2) is 5.69 Å². The highest BCUT2D eigenvalue weighted by Gasteiger charge is 2.33. The zero-order chi connectivity index (χ0) is 23.2. The normalized spacial score (nSPS) is 16.5. The number of hydrogen-bond acceptors (Lipinski definition) is 5. The highest BCUT2D eigenvalue weighted by molar-refractivity contribution is 5.95. The highest BCUT2D eigenvalue weighted by atomic mass is 16.3. The third kappa shape index (κ3) is 5.03. The van der Waals surface area contributed by atoms with Gasteiger partial charge < -0.3 is 14.9 Å². The smallest absolute Gasteiger partial charge is 0.276 e. The summed E-state index contributed by atoms with van der Waals surface area (Å²) >= 11 is 0. The Bertz CT molecular complexity index is 1120. The molecule has 0 unspecified atom stereocenters. The Balaban J connectivity index is 1.65. The molecule has 7 heteroatoms. The molecule has 0 saturated carbocycles. The summed E-state index contributed by atoms with van der Waals surface area (Å²) in [6.07, 6.45) is 6.39. The Kier molecular flexibility index (Phi) is 6.98. The summed E-state index contributed by atoms with van der Waals surface area (Å²) < 4.78 is 0. The number of hydrogen-bond donors (Lipinski definition) is 1. The van der Waals surface area contributed by atoms with E-state index < -0.39 is 5.92 Å². The molecule has 0 aliphatic carbocycles. The van der Waals surface area contributed by atoms with E-state index in [9.17, 15) is 14.7 Å². The maximum absolute atomic E-state index is 13.5. The third-order valence-electron chi connectivity index (χ3n) is 5.97. The average Bonchev–Trinajstić information content (AvgIpc) is 2.99. The maximum atomic E-state index is 13.5. The van der Waals surface area contributed by atoms with E-state index in [2.05, 4.69) is 9.97 Å². The second-order valence-corrected chi connectivity index (χ2v) is 8.25. The number of benzene rings is 1. The Hall–Kier alpha value is -3.74.